The van der Waals surface area contributed by atoms with Gasteiger partial charge in [0.15, 0.2) is 0 Å². The van der Waals surface area contributed by atoms with Gasteiger partial charge in [-0.05, 0) is 43.3 Å². The smallest absolute Gasteiger partial charge is 0.321 e. The number of urea groups is 1. The molecule has 1 aliphatic heterocycles. The van der Waals surface area contributed by atoms with Gasteiger partial charge in [0.2, 0.25) is 0 Å². The highest BCUT2D eigenvalue weighted by molar-refractivity contribution is 6.05. The lowest BCUT2D eigenvalue weighted by molar-refractivity contribution is 0.102. The molecule has 182 valence electrons. The molecule has 0 aliphatic carbocycles. The lowest BCUT2D eigenvalue weighted by Crippen LogP contribution is -2.50. The van der Waals surface area contributed by atoms with E-state index in [9.17, 15) is 14.0 Å². The highest BCUT2D eigenvalue weighted by Gasteiger charge is 2.23. The Bertz CT molecular complexity index is 1220. The van der Waals surface area contributed by atoms with Crippen molar-refractivity contribution in [3.05, 3.63) is 77.5 Å². The first-order valence-electron chi connectivity index (χ1n) is 11.6. The number of anilines is 3. The zero-order chi connectivity index (χ0) is 24.9. The zero-order valence-electron chi connectivity index (χ0n) is 20.1. The molecule has 3 amide bonds. The van der Waals surface area contributed by atoms with Gasteiger partial charge in [-0.2, -0.15) is 0 Å². The Kier molecular flexibility index (Phi) is 7.24. The van der Waals surface area contributed by atoms with Gasteiger partial charge >= 0.3 is 6.03 Å². The van der Waals surface area contributed by atoms with Gasteiger partial charge < -0.3 is 20.4 Å². The standard InChI is InChI=1S/C26H29FN6O2/c1-17(2)24-28-18(3)14-23(31-24)32-10-12-33(13-11-32)26(35)30-21-8-4-6-19(15-21)25(34)29-22-9-5-7-20(27)16-22/h4-9,14-17H,10-13H2,1-3H3,(H,29,34)(H,30,35). The van der Waals surface area contributed by atoms with Gasteiger partial charge in [0.25, 0.3) is 5.91 Å². The van der Waals surface area contributed by atoms with E-state index in [2.05, 4.69) is 34.4 Å². The van der Waals surface area contributed by atoms with E-state index in [1.165, 1.54) is 18.2 Å². The molecule has 9 heteroatoms. The van der Waals surface area contributed by atoms with Crippen LogP contribution in [-0.2, 0) is 0 Å². The molecule has 2 heterocycles. The molecule has 1 fully saturated rings. The van der Waals surface area contributed by atoms with Crippen LogP contribution in [0, 0.1) is 12.7 Å². The number of nitrogens with zero attached hydrogens (tertiary/aromatic N) is 4. The minimum Gasteiger partial charge on any atom is -0.353 e. The van der Waals surface area contributed by atoms with Gasteiger partial charge in [0, 0.05) is 60.8 Å². The Hall–Kier alpha value is -4.01. The maximum absolute atomic E-state index is 13.4. The number of hydrogen-bond donors (Lipinski definition) is 2. The molecule has 0 saturated carbocycles. The van der Waals surface area contributed by atoms with Crippen molar-refractivity contribution in [2.75, 3.05) is 41.7 Å². The van der Waals surface area contributed by atoms with E-state index in [0.717, 1.165) is 17.3 Å². The number of nitrogens with one attached hydrogen (secondary N) is 2. The van der Waals surface area contributed by atoms with E-state index in [-0.39, 0.29) is 17.9 Å². The first-order chi connectivity index (χ1) is 16.8. The van der Waals surface area contributed by atoms with Crippen LogP contribution >= 0.6 is 0 Å². The Morgan fingerprint density at radius 1 is 0.914 bits per heavy atom. The summed E-state index contributed by atoms with van der Waals surface area (Å²) in [6.45, 7) is 8.53. The fourth-order valence-electron chi connectivity index (χ4n) is 3.84. The number of aromatic nitrogens is 2. The van der Waals surface area contributed by atoms with Crippen LogP contribution in [0.5, 0.6) is 0 Å². The molecule has 2 N–H and O–H groups in total. The lowest BCUT2D eigenvalue weighted by atomic mass is 10.2. The van der Waals surface area contributed by atoms with Crippen molar-refractivity contribution in [3.63, 3.8) is 0 Å². The summed E-state index contributed by atoms with van der Waals surface area (Å²) < 4.78 is 13.4. The van der Waals surface area contributed by atoms with Crippen LogP contribution in [0.3, 0.4) is 0 Å². The van der Waals surface area contributed by atoms with Crippen LogP contribution in [0.2, 0.25) is 0 Å². The summed E-state index contributed by atoms with van der Waals surface area (Å²) in [5.41, 5.74) is 2.16. The van der Waals surface area contributed by atoms with Crippen LogP contribution in [0.25, 0.3) is 0 Å². The van der Waals surface area contributed by atoms with E-state index < -0.39 is 5.82 Å². The molecule has 0 bridgehead atoms. The predicted molar refractivity (Wildman–Crippen MR) is 134 cm³/mol. The monoisotopic (exact) mass is 476 g/mol. The van der Waals surface area contributed by atoms with Crippen LogP contribution in [0.4, 0.5) is 26.4 Å². The average Bonchev–Trinajstić information content (AvgIpc) is 2.84. The SMILES string of the molecule is Cc1cc(N2CCN(C(=O)Nc3cccc(C(=O)Nc4cccc(F)c4)c3)CC2)nc(C(C)C)n1. The van der Waals surface area contributed by atoms with Crippen molar-refractivity contribution in [1.29, 1.82) is 0 Å². The molecule has 1 aromatic heterocycles. The summed E-state index contributed by atoms with van der Waals surface area (Å²) in [6, 6.07) is 14.1. The van der Waals surface area contributed by atoms with Gasteiger partial charge in [0.1, 0.15) is 17.5 Å². The number of carbonyl (C=O) groups is 2. The number of rotatable bonds is 5. The molecule has 0 unspecified atom stereocenters. The third kappa shape index (κ3) is 6.11. The second-order valence-electron chi connectivity index (χ2n) is 8.83. The van der Waals surface area contributed by atoms with Crippen LogP contribution in [0.15, 0.2) is 54.6 Å². The van der Waals surface area contributed by atoms with Crippen molar-refractivity contribution in [2.24, 2.45) is 0 Å². The Morgan fingerprint density at radius 2 is 1.60 bits per heavy atom. The molecule has 0 atom stereocenters. The number of halogens is 1. The summed E-state index contributed by atoms with van der Waals surface area (Å²) in [5, 5.41) is 5.53. The summed E-state index contributed by atoms with van der Waals surface area (Å²) in [7, 11) is 0. The van der Waals surface area contributed by atoms with E-state index in [1.807, 2.05) is 13.0 Å². The van der Waals surface area contributed by atoms with E-state index in [0.29, 0.717) is 43.1 Å². The summed E-state index contributed by atoms with van der Waals surface area (Å²) in [4.78, 5) is 38.5. The molecule has 1 saturated heterocycles. The fourth-order valence-corrected chi connectivity index (χ4v) is 3.84. The van der Waals surface area contributed by atoms with Crippen molar-refractivity contribution in [2.45, 2.75) is 26.7 Å². The number of carbonyl (C=O) groups excluding carboxylic acids is 2. The molecule has 4 rings (SSSR count). The number of hydrogen-bond acceptors (Lipinski definition) is 5. The minimum atomic E-state index is -0.431. The number of amides is 3. The highest BCUT2D eigenvalue weighted by atomic mass is 19.1. The lowest BCUT2D eigenvalue weighted by Gasteiger charge is -2.35. The van der Waals surface area contributed by atoms with Crippen molar-refractivity contribution >= 4 is 29.1 Å². The summed E-state index contributed by atoms with van der Waals surface area (Å²) in [5.74, 6) is 1.13. The molecule has 35 heavy (non-hydrogen) atoms. The van der Waals surface area contributed by atoms with Gasteiger partial charge in [-0.15, -0.1) is 0 Å². The minimum absolute atomic E-state index is 0.228. The second kappa shape index (κ2) is 10.5. The third-order valence-electron chi connectivity index (χ3n) is 5.72. The van der Waals surface area contributed by atoms with Gasteiger partial charge in [-0.3, -0.25) is 4.79 Å². The number of benzene rings is 2. The molecule has 0 radical (unpaired) electrons. The van der Waals surface area contributed by atoms with E-state index in [1.54, 1.807) is 35.2 Å². The Balaban J connectivity index is 1.35. The molecule has 1 aliphatic rings. The van der Waals surface area contributed by atoms with E-state index in [4.69, 9.17) is 4.98 Å². The summed E-state index contributed by atoms with van der Waals surface area (Å²) in [6.07, 6.45) is 0. The Morgan fingerprint density at radius 3 is 2.29 bits per heavy atom. The van der Waals surface area contributed by atoms with Gasteiger partial charge in [0.05, 0.1) is 0 Å². The topological polar surface area (TPSA) is 90.5 Å². The molecular formula is C26H29FN6O2. The van der Waals surface area contributed by atoms with Crippen molar-refractivity contribution < 1.29 is 14.0 Å². The summed E-state index contributed by atoms with van der Waals surface area (Å²) >= 11 is 0. The van der Waals surface area contributed by atoms with E-state index >= 15 is 0 Å². The van der Waals surface area contributed by atoms with Crippen LogP contribution < -0.4 is 15.5 Å². The molecule has 8 nitrogen and oxygen atoms in total. The first kappa shape index (κ1) is 24.1. The van der Waals surface area contributed by atoms with Crippen LogP contribution in [0.1, 0.15) is 41.6 Å². The maximum Gasteiger partial charge on any atom is 0.321 e. The maximum atomic E-state index is 13.4. The normalized spacial score (nSPS) is 13.6. The van der Waals surface area contributed by atoms with Crippen molar-refractivity contribution in [1.82, 2.24) is 14.9 Å². The number of piperazine rings is 1. The van der Waals surface area contributed by atoms with Crippen molar-refractivity contribution in [3.8, 4) is 0 Å². The van der Waals surface area contributed by atoms with Gasteiger partial charge in [-0.1, -0.05) is 26.0 Å². The highest BCUT2D eigenvalue weighted by Crippen LogP contribution is 2.20. The first-order valence-corrected chi connectivity index (χ1v) is 11.6. The van der Waals surface area contributed by atoms with Gasteiger partial charge in [-0.25, -0.2) is 19.2 Å². The molecule has 0 spiro atoms. The van der Waals surface area contributed by atoms with Crippen LogP contribution in [-0.4, -0.2) is 53.0 Å². The molecular weight excluding hydrogens is 447 g/mol. The third-order valence-corrected chi connectivity index (χ3v) is 5.72. The average molecular weight is 477 g/mol. The quantitative estimate of drug-likeness (QED) is 0.559. The fraction of sp³-hybridized carbons (Fsp3) is 0.308. The second-order valence-corrected chi connectivity index (χ2v) is 8.83. The molecule has 3 aromatic rings. The Labute approximate surface area is 204 Å². The largest absolute Gasteiger partial charge is 0.353 e. The number of aryl methyl sites for hydroxylation is 1. The zero-order valence-corrected chi connectivity index (χ0v) is 20.1. The predicted octanol–water partition coefficient (Wildman–Crippen LogP) is 4.65. The molecule has 2 aromatic carbocycles.